The molecule has 0 bridgehead atoms. The molecule has 0 aliphatic carbocycles. The molecule has 15 heavy (non-hydrogen) atoms. The first kappa shape index (κ1) is 16.9. The van der Waals surface area contributed by atoms with Crippen LogP contribution < -0.4 is 0 Å². The molecular formula is C2H3B2F8O3-. The van der Waals surface area contributed by atoms with Crippen molar-refractivity contribution in [3.63, 3.8) is 0 Å². The van der Waals surface area contributed by atoms with Crippen molar-refractivity contribution in [2.45, 2.75) is 12.0 Å². The number of hydrogen-bond acceptors (Lipinski definition) is 3. The fourth-order valence-corrected chi connectivity index (χ4v) is 0.186. The summed E-state index contributed by atoms with van der Waals surface area (Å²) in [4.78, 5) is 0. The average Bonchev–Trinajstić information content (AvgIpc) is 1.79. The zero-order chi connectivity index (χ0) is 13.1. The lowest BCUT2D eigenvalue weighted by molar-refractivity contribution is -0.256. The highest BCUT2D eigenvalue weighted by Crippen LogP contribution is 2.43. The summed E-state index contributed by atoms with van der Waals surface area (Å²) in [6.45, 7) is -7.21. The van der Waals surface area contributed by atoms with Crippen LogP contribution in [0.15, 0.2) is 0 Å². The maximum Gasteiger partial charge on any atom is 0.631 e. The lowest BCUT2D eigenvalue weighted by atomic mass is 9.80. The summed E-state index contributed by atoms with van der Waals surface area (Å²) in [6, 6.07) is 0. The van der Waals surface area contributed by atoms with Crippen LogP contribution in [0.25, 0.3) is 0 Å². The molecule has 0 atom stereocenters. The molecule has 0 heterocycles. The van der Waals surface area contributed by atoms with Crippen LogP contribution in [0.1, 0.15) is 0 Å². The molecule has 92 valence electrons. The van der Waals surface area contributed by atoms with Crippen molar-refractivity contribution in [3.8, 4) is 0 Å². The van der Waals surface area contributed by atoms with Crippen molar-refractivity contribution < 1.29 is 50.0 Å². The van der Waals surface area contributed by atoms with Crippen LogP contribution in [-0.4, -0.2) is 41.4 Å². The third kappa shape index (κ3) is 5.79. The number of hydrogen-bond donors (Lipinski definition) is 3. The van der Waals surface area contributed by atoms with Crippen molar-refractivity contribution in [1.82, 2.24) is 0 Å². The van der Waals surface area contributed by atoms with Crippen LogP contribution in [0.5, 0.6) is 0 Å². The van der Waals surface area contributed by atoms with Crippen LogP contribution in [0.2, 0.25) is 0 Å². The van der Waals surface area contributed by atoms with Crippen LogP contribution in [0, 0.1) is 0 Å². The Labute approximate surface area is 77.6 Å². The van der Waals surface area contributed by atoms with Gasteiger partial charge in [0, 0.05) is 0 Å². The predicted molar refractivity (Wildman–Crippen MR) is 32.5 cm³/mol. The molecule has 0 aliphatic rings. The van der Waals surface area contributed by atoms with Crippen LogP contribution in [0.3, 0.4) is 0 Å². The smallest absolute Gasteiger partial charge is 0.445 e. The molecular weight excluding hydrogens is 246 g/mol. The minimum absolute atomic E-state index is 2.17. The first-order valence-electron chi connectivity index (χ1n) is 2.91. The first-order valence-corrected chi connectivity index (χ1v) is 2.91. The van der Waals surface area contributed by atoms with Gasteiger partial charge in [-0.3, -0.25) is 0 Å². The van der Waals surface area contributed by atoms with Gasteiger partial charge < -0.3 is 28.0 Å². The molecule has 0 radical (unpaired) electrons. The molecule has 0 spiro atoms. The molecule has 3 nitrogen and oxygen atoms in total. The van der Waals surface area contributed by atoms with E-state index < -0.39 is 26.3 Å². The average molecular weight is 249 g/mol. The molecule has 0 fully saturated rings. The van der Waals surface area contributed by atoms with Crippen molar-refractivity contribution >= 4 is 14.3 Å². The second-order valence-corrected chi connectivity index (χ2v) is 2.04. The Hall–Kier alpha value is -0.550. The van der Waals surface area contributed by atoms with E-state index in [1.807, 2.05) is 0 Å². The van der Waals surface area contributed by atoms with Gasteiger partial charge in [-0.1, -0.05) is 0 Å². The summed E-state index contributed by atoms with van der Waals surface area (Å²) >= 11 is 0. The normalized spacial score (nSPS) is 13.0. The number of alkyl halides is 5. The van der Waals surface area contributed by atoms with Gasteiger partial charge in [-0.25, -0.2) is 8.78 Å². The van der Waals surface area contributed by atoms with Gasteiger partial charge in [0.05, 0.1) is 0 Å². The van der Waals surface area contributed by atoms with Crippen LogP contribution >= 0.6 is 0 Å². The van der Waals surface area contributed by atoms with Gasteiger partial charge in [0.25, 0.3) is 0 Å². The van der Waals surface area contributed by atoms with Crippen LogP contribution in [-0.2, 0) is 0 Å². The van der Waals surface area contributed by atoms with Gasteiger partial charge >= 0.3 is 26.3 Å². The summed E-state index contributed by atoms with van der Waals surface area (Å²) in [7, 11) is -2.17. The second-order valence-electron chi connectivity index (χ2n) is 2.04. The van der Waals surface area contributed by atoms with E-state index in [4.69, 9.17) is 15.1 Å². The van der Waals surface area contributed by atoms with E-state index in [-0.39, 0.29) is 0 Å². The molecule has 0 rings (SSSR count). The van der Waals surface area contributed by atoms with Gasteiger partial charge in [-0.15, -0.1) is 0 Å². The Kier molecular flexibility index (Phi) is 5.60. The SMILES string of the molecule is F[B-](F)(F)C(F)(F)C(F)(F)F.OB(O)O. The minimum atomic E-state index is -7.21. The molecule has 13 heteroatoms. The van der Waals surface area contributed by atoms with Gasteiger partial charge in [-0.05, 0) is 0 Å². The Balaban J connectivity index is 0. The standard InChI is InChI=1S/C2BF8.BH3O3/c4-1(5,2(6,7)8)3(9,10)11;2-1(3)4/h;2-4H/q-1;. The zero-order valence-electron chi connectivity index (χ0n) is 6.52. The molecule has 0 amide bonds. The molecule has 0 aromatic carbocycles. The van der Waals surface area contributed by atoms with Gasteiger partial charge in [-0.2, -0.15) is 13.2 Å². The fraction of sp³-hybridized carbons (Fsp3) is 1.00. The Morgan fingerprint density at radius 3 is 1.00 bits per heavy atom. The maximum atomic E-state index is 11.2. The topological polar surface area (TPSA) is 60.7 Å². The van der Waals surface area contributed by atoms with E-state index >= 15 is 0 Å². The third-order valence-corrected chi connectivity index (χ3v) is 0.789. The van der Waals surface area contributed by atoms with Crippen LogP contribution in [0.4, 0.5) is 34.9 Å². The fourth-order valence-electron chi connectivity index (χ4n) is 0.186. The maximum absolute atomic E-state index is 11.2. The third-order valence-electron chi connectivity index (χ3n) is 0.789. The summed E-state index contributed by atoms with van der Waals surface area (Å²) < 4.78 is 87.8. The lowest BCUT2D eigenvalue weighted by Gasteiger charge is -2.28. The van der Waals surface area contributed by atoms with Crippen molar-refractivity contribution in [2.75, 3.05) is 0 Å². The summed E-state index contributed by atoms with van der Waals surface area (Å²) in [5.41, 5.74) is 0. The van der Waals surface area contributed by atoms with E-state index in [2.05, 4.69) is 0 Å². The van der Waals surface area contributed by atoms with E-state index in [0.717, 1.165) is 0 Å². The molecule has 0 unspecified atom stereocenters. The van der Waals surface area contributed by atoms with Gasteiger partial charge in [0.15, 0.2) is 0 Å². The minimum Gasteiger partial charge on any atom is -0.445 e. The number of halogens is 8. The predicted octanol–water partition coefficient (Wildman–Crippen LogP) is 0.519. The lowest BCUT2D eigenvalue weighted by Crippen LogP contribution is -2.53. The molecule has 0 aromatic heterocycles. The molecule has 0 saturated heterocycles. The summed E-state index contributed by atoms with van der Waals surface area (Å²) in [6.07, 6.45) is -6.55. The largest absolute Gasteiger partial charge is 0.631 e. The highest BCUT2D eigenvalue weighted by atomic mass is 19.4. The van der Waals surface area contributed by atoms with Crippen molar-refractivity contribution in [2.24, 2.45) is 0 Å². The monoisotopic (exact) mass is 249 g/mol. The van der Waals surface area contributed by atoms with E-state index in [0.29, 0.717) is 0 Å². The summed E-state index contributed by atoms with van der Waals surface area (Å²) in [5.74, 6) is -6.56. The van der Waals surface area contributed by atoms with Gasteiger partial charge in [0.2, 0.25) is 0 Å². The van der Waals surface area contributed by atoms with E-state index in [9.17, 15) is 34.9 Å². The first-order chi connectivity index (χ1) is 6.23. The van der Waals surface area contributed by atoms with Gasteiger partial charge in [0.1, 0.15) is 0 Å². The highest BCUT2D eigenvalue weighted by Gasteiger charge is 2.69. The number of rotatable bonds is 1. The Morgan fingerprint density at radius 1 is 0.800 bits per heavy atom. The molecule has 0 aromatic rings. The second kappa shape index (κ2) is 4.99. The van der Waals surface area contributed by atoms with Crippen molar-refractivity contribution in [1.29, 1.82) is 0 Å². The molecule has 0 aliphatic heterocycles. The zero-order valence-corrected chi connectivity index (χ0v) is 6.52. The molecule has 3 N–H and O–H groups in total. The molecule has 0 saturated carbocycles. The van der Waals surface area contributed by atoms with E-state index in [1.165, 1.54) is 0 Å². The van der Waals surface area contributed by atoms with E-state index in [1.54, 1.807) is 0 Å². The van der Waals surface area contributed by atoms with Crippen molar-refractivity contribution in [3.05, 3.63) is 0 Å². The quantitative estimate of drug-likeness (QED) is 0.468. The Morgan fingerprint density at radius 2 is 1.00 bits per heavy atom. The summed E-state index contributed by atoms with van der Waals surface area (Å²) in [5, 5.41) is 21.5. The highest BCUT2D eigenvalue weighted by molar-refractivity contribution is 6.61. The Bertz CT molecular complexity index is 167.